The molecule has 0 aliphatic carbocycles. The van der Waals surface area contributed by atoms with Crippen LogP contribution in [-0.4, -0.2) is 51.6 Å². The van der Waals surface area contributed by atoms with Gasteiger partial charge < -0.3 is 18.9 Å². The summed E-state index contributed by atoms with van der Waals surface area (Å²) in [5, 5.41) is 0. The lowest BCUT2D eigenvalue weighted by Crippen LogP contribution is -2.33. The Morgan fingerprint density at radius 2 is 1.14 bits per heavy atom. The molecule has 0 saturated heterocycles. The molecule has 0 N–H and O–H groups in total. The lowest BCUT2D eigenvalue weighted by Gasteiger charge is -2.30. The molecule has 0 aromatic rings. The van der Waals surface area contributed by atoms with E-state index in [4.69, 9.17) is 18.9 Å². The fraction of sp³-hybridized carbons (Fsp3) is 0.867. The van der Waals surface area contributed by atoms with Crippen molar-refractivity contribution in [2.75, 3.05) is 39.6 Å². The Hall–Kier alpha value is -1.14. The van der Waals surface area contributed by atoms with Crippen LogP contribution in [0.1, 0.15) is 40.5 Å². The van der Waals surface area contributed by atoms with Gasteiger partial charge in [-0.2, -0.15) is 0 Å². The van der Waals surface area contributed by atoms with E-state index in [1.165, 1.54) is 0 Å². The standard InChI is InChI=1S/C15H28O6/c1-5-15(6-2,11-18-9-13(16)20-7-3)12-19-10-14(17)21-8-4/h5-12H2,1-4H3. The maximum Gasteiger partial charge on any atom is 0.332 e. The van der Waals surface area contributed by atoms with E-state index in [1.807, 2.05) is 13.8 Å². The van der Waals surface area contributed by atoms with Gasteiger partial charge in [0, 0.05) is 5.41 Å². The first-order chi connectivity index (χ1) is 10.0. The monoisotopic (exact) mass is 304 g/mol. The number of carbonyl (C=O) groups is 2. The van der Waals surface area contributed by atoms with Gasteiger partial charge in [0.25, 0.3) is 0 Å². The van der Waals surface area contributed by atoms with Gasteiger partial charge in [-0.1, -0.05) is 13.8 Å². The molecule has 0 saturated carbocycles. The second-order valence-electron chi connectivity index (χ2n) is 4.80. The van der Waals surface area contributed by atoms with E-state index < -0.39 is 0 Å². The molecule has 0 aromatic carbocycles. The summed E-state index contributed by atoms with van der Waals surface area (Å²) < 4.78 is 20.5. The summed E-state index contributed by atoms with van der Waals surface area (Å²) in [6.07, 6.45) is 1.66. The SMILES string of the molecule is CCOC(=O)COCC(CC)(CC)COCC(=O)OCC. The summed E-state index contributed by atoms with van der Waals surface area (Å²) in [4.78, 5) is 22.5. The Kier molecular flexibility index (Phi) is 10.9. The summed E-state index contributed by atoms with van der Waals surface area (Å²) in [5.74, 6) is -0.739. The summed E-state index contributed by atoms with van der Waals surface area (Å²) in [5.41, 5.74) is -0.209. The zero-order chi connectivity index (χ0) is 16.1. The second kappa shape index (κ2) is 11.5. The minimum Gasteiger partial charge on any atom is -0.464 e. The Morgan fingerprint density at radius 1 is 0.762 bits per heavy atom. The molecule has 0 amide bonds. The summed E-state index contributed by atoms with van der Waals surface area (Å²) in [6.45, 7) is 8.92. The molecule has 0 rings (SSSR count). The maximum atomic E-state index is 11.2. The lowest BCUT2D eigenvalue weighted by atomic mass is 9.84. The number of ether oxygens (including phenoxy) is 4. The highest BCUT2D eigenvalue weighted by atomic mass is 16.6. The molecule has 0 bridgehead atoms. The van der Waals surface area contributed by atoms with Crippen molar-refractivity contribution in [2.45, 2.75) is 40.5 Å². The van der Waals surface area contributed by atoms with Crippen molar-refractivity contribution < 1.29 is 28.5 Å². The topological polar surface area (TPSA) is 71.1 Å². The second-order valence-corrected chi connectivity index (χ2v) is 4.80. The van der Waals surface area contributed by atoms with Gasteiger partial charge >= 0.3 is 11.9 Å². The van der Waals surface area contributed by atoms with Gasteiger partial charge in [-0.25, -0.2) is 9.59 Å². The van der Waals surface area contributed by atoms with E-state index in [0.717, 1.165) is 12.8 Å². The van der Waals surface area contributed by atoms with Gasteiger partial charge in [0.1, 0.15) is 13.2 Å². The van der Waals surface area contributed by atoms with Gasteiger partial charge in [-0.15, -0.1) is 0 Å². The highest BCUT2D eigenvalue weighted by Gasteiger charge is 2.28. The van der Waals surface area contributed by atoms with E-state index in [2.05, 4.69) is 0 Å². The van der Waals surface area contributed by atoms with Crippen molar-refractivity contribution in [3.05, 3.63) is 0 Å². The molecule has 0 fully saturated rings. The average molecular weight is 304 g/mol. The van der Waals surface area contributed by atoms with E-state index >= 15 is 0 Å². The van der Waals surface area contributed by atoms with Crippen LogP contribution < -0.4 is 0 Å². The molecule has 0 aliphatic rings. The highest BCUT2D eigenvalue weighted by Crippen LogP contribution is 2.27. The number of esters is 2. The quantitative estimate of drug-likeness (QED) is 0.513. The Labute approximate surface area is 127 Å². The number of hydrogen-bond donors (Lipinski definition) is 0. The fourth-order valence-electron chi connectivity index (χ4n) is 1.81. The smallest absolute Gasteiger partial charge is 0.332 e. The minimum absolute atomic E-state index is 0.0620. The largest absolute Gasteiger partial charge is 0.464 e. The molecule has 0 unspecified atom stereocenters. The van der Waals surface area contributed by atoms with Crippen molar-refractivity contribution >= 4 is 11.9 Å². The summed E-state index contributed by atoms with van der Waals surface area (Å²) in [7, 11) is 0. The van der Waals surface area contributed by atoms with E-state index in [-0.39, 0.29) is 30.6 Å². The third kappa shape index (κ3) is 8.67. The Bertz CT molecular complexity index is 273. The molecule has 124 valence electrons. The molecule has 21 heavy (non-hydrogen) atoms. The van der Waals surface area contributed by atoms with E-state index in [1.54, 1.807) is 13.8 Å². The zero-order valence-corrected chi connectivity index (χ0v) is 13.6. The van der Waals surface area contributed by atoms with Crippen LogP contribution in [0.3, 0.4) is 0 Å². The van der Waals surface area contributed by atoms with Crippen LogP contribution in [0.4, 0.5) is 0 Å². The number of carbonyl (C=O) groups excluding carboxylic acids is 2. The molecular formula is C15H28O6. The predicted molar refractivity (Wildman–Crippen MR) is 77.9 cm³/mol. The van der Waals surface area contributed by atoms with Crippen molar-refractivity contribution in [3.63, 3.8) is 0 Å². The number of rotatable bonds is 12. The van der Waals surface area contributed by atoms with Crippen LogP contribution >= 0.6 is 0 Å². The van der Waals surface area contributed by atoms with Gasteiger partial charge in [-0.3, -0.25) is 0 Å². The predicted octanol–water partition coefficient (Wildman–Crippen LogP) is 1.95. The van der Waals surface area contributed by atoms with Gasteiger partial charge in [0.05, 0.1) is 26.4 Å². The van der Waals surface area contributed by atoms with E-state index in [9.17, 15) is 9.59 Å². The van der Waals surface area contributed by atoms with Crippen LogP contribution in [0.15, 0.2) is 0 Å². The van der Waals surface area contributed by atoms with Crippen molar-refractivity contribution in [1.82, 2.24) is 0 Å². The van der Waals surface area contributed by atoms with Crippen molar-refractivity contribution in [2.24, 2.45) is 5.41 Å². The Morgan fingerprint density at radius 3 is 1.43 bits per heavy atom. The van der Waals surface area contributed by atoms with Crippen LogP contribution in [0.2, 0.25) is 0 Å². The lowest BCUT2D eigenvalue weighted by molar-refractivity contribution is -0.152. The first kappa shape index (κ1) is 19.9. The maximum absolute atomic E-state index is 11.2. The number of hydrogen-bond acceptors (Lipinski definition) is 6. The van der Waals surface area contributed by atoms with Gasteiger partial charge in [0.15, 0.2) is 0 Å². The fourth-order valence-corrected chi connectivity index (χ4v) is 1.81. The minimum atomic E-state index is -0.369. The third-order valence-electron chi connectivity index (χ3n) is 3.37. The zero-order valence-electron chi connectivity index (χ0n) is 13.6. The summed E-state index contributed by atoms with van der Waals surface area (Å²) >= 11 is 0. The third-order valence-corrected chi connectivity index (χ3v) is 3.37. The van der Waals surface area contributed by atoms with Crippen molar-refractivity contribution in [1.29, 1.82) is 0 Å². The normalized spacial score (nSPS) is 11.2. The molecule has 0 aliphatic heterocycles. The van der Waals surface area contributed by atoms with Crippen molar-refractivity contribution in [3.8, 4) is 0 Å². The molecular weight excluding hydrogens is 276 g/mol. The van der Waals surface area contributed by atoms with Gasteiger partial charge in [-0.05, 0) is 26.7 Å². The average Bonchev–Trinajstić information content (AvgIpc) is 2.46. The summed E-state index contributed by atoms with van der Waals surface area (Å²) in [6, 6.07) is 0. The molecule has 6 heteroatoms. The molecule has 0 atom stereocenters. The molecule has 0 heterocycles. The molecule has 0 radical (unpaired) electrons. The van der Waals surface area contributed by atoms with Crippen LogP contribution in [0.25, 0.3) is 0 Å². The first-order valence-corrected chi connectivity index (χ1v) is 7.50. The van der Waals surface area contributed by atoms with Crippen LogP contribution in [0, 0.1) is 5.41 Å². The molecule has 0 spiro atoms. The highest BCUT2D eigenvalue weighted by molar-refractivity contribution is 5.70. The first-order valence-electron chi connectivity index (χ1n) is 7.50. The van der Waals surface area contributed by atoms with Gasteiger partial charge in [0.2, 0.25) is 0 Å². The van der Waals surface area contributed by atoms with E-state index in [0.29, 0.717) is 26.4 Å². The van der Waals surface area contributed by atoms with Crippen LogP contribution in [0.5, 0.6) is 0 Å². The van der Waals surface area contributed by atoms with Crippen LogP contribution in [-0.2, 0) is 28.5 Å². The molecule has 0 aromatic heterocycles. The Balaban J connectivity index is 4.16. The molecule has 6 nitrogen and oxygen atoms in total.